The molecule has 0 bridgehead atoms. The second kappa shape index (κ2) is 9.94. The van der Waals surface area contributed by atoms with E-state index in [0.29, 0.717) is 26.4 Å². The lowest BCUT2D eigenvalue weighted by molar-refractivity contribution is -0.111. The molecule has 32 heavy (non-hydrogen) atoms. The Hall–Kier alpha value is -3.22. The average Bonchev–Trinajstić information content (AvgIpc) is 3.14. The van der Waals surface area contributed by atoms with Crippen LogP contribution in [0.5, 0.6) is 0 Å². The van der Waals surface area contributed by atoms with Crippen molar-refractivity contribution in [1.29, 1.82) is 0 Å². The summed E-state index contributed by atoms with van der Waals surface area (Å²) in [6.45, 7) is 0.130. The molecule has 0 aliphatic rings. The number of aromatic nitrogens is 2. The number of nitrogens with one attached hydrogen (secondary N) is 1. The van der Waals surface area contributed by atoms with E-state index in [-0.39, 0.29) is 12.5 Å². The van der Waals surface area contributed by atoms with Gasteiger partial charge in [0.15, 0.2) is 5.82 Å². The van der Waals surface area contributed by atoms with Crippen LogP contribution in [0.4, 0.5) is 10.2 Å². The third-order valence-corrected chi connectivity index (χ3v) is 5.71. The molecule has 0 unspecified atom stereocenters. The van der Waals surface area contributed by atoms with Gasteiger partial charge in [0.1, 0.15) is 5.82 Å². The zero-order valence-corrected chi connectivity index (χ0v) is 19.1. The van der Waals surface area contributed by atoms with Crippen LogP contribution in [-0.4, -0.2) is 15.7 Å². The number of hydrogen-bond donors (Lipinski definition) is 1. The van der Waals surface area contributed by atoms with E-state index in [1.165, 1.54) is 10.7 Å². The predicted octanol–water partition coefficient (Wildman–Crippen LogP) is 6.67. The van der Waals surface area contributed by atoms with Gasteiger partial charge in [0, 0.05) is 22.4 Å². The van der Waals surface area contributed by atoms with Crippen molar-refractivity contribution < 1.29 is 9.18 Å². The Morgan fingerprint density at radius 2 is 1.72 bits per heavy atom. The summed E-state index contributed by atoms with van der Waals surface area (Å²) in [4.78, 5) is 13.2. The fourth-order valence-corrected chi connectivity index (χ4v) is 3.83. The molecule has 3 aromatic carbocycles. The van der Waals surface area contributed by atoms with Crippen molar-refractivity contribution in [3.05, 3.63) is 117 Å². The summed E-state index contributed by atoms with van der Waals surface area (Å²) in [6, 6.07) is 23.5. The van der Waals surface area contributed by atoms with E-state index in [9.17, 15) is 9.18 Å². The van der Waals surface area contributed by atoms with Crippen LogP contribution < -0.4 is 5.32 Å². The second-order valence-electron chi connectivity index (χ2n) is 7.01. The number of nitrogens with zero attached hydrogens (tertiary/aromatic N) is 2. The van der Waals surface area contributed by atoms with E-state index >= 15 is 0 Å². The van der Waals surface area contributed by atoms with Gasteiger partial charge in [-0.1, -0.05) is 78.3 Å². The molecule has 4 aromatic rings. The first kappa shape index (κ1) is 22.0. The Balaban J connectivity index is 1.61. The Morgan fingerprint density at radius 3 is 2.41 bits per heavy atom. The van der Waals surface area contributed by atoms with Crippen molar-refractivity contribution in [2.24, 2.45) is 0 Å². The minimum absolute atomic E-state index is 0.130. The molecule has 1 aromatic heterocycles. The van der Waals surface area contributed by atoms with Crippen molar-refractivity contribution in [2.45, 2.75) is 6.54 Å². The highest BCUT2D eigenvalue weighted by molar-refractivity contribution is 9.10. The summed E-state index contributed by atoms with van der Waals surface area (Å²) in [5.74, 6) is -0.390. The number of anilines is 1. The van der Waals surface area contributed by atoms with Gasteiger partial charge in [-0.25, -0.2) is 4.39 Å². The number of hydrogen-bond acceptors (Lipinski definition) is 2. The number of benzene rings is 3. The molecule has 0 aliphatic heterocycles. The number of carbonyl (C=O) groups is 1. The van der Waals surface area contributed by atoms with Crippen molar-refractivity contribution in [3.63, 3.8) is 0 Å². The molecule has 0 radical (unpaired) electrons. The van der Waals surface area contributed by atoms with Gasteiger partial charge in [0.2, 0.25) is 0 Å². The van der Waals surface area contributed by atoms with Gasteiger partial charge >= 0.3 is 0 Å². The molecule has 0 saturated carbocycles. The molecular formula is C25H18BrClFN3O. The summed E-state index contributed by atoms with van der Waals surface area (Å²) >= 11 is 9.55. The first-order chi connectivity index (χ1) is 15.5. The van der Waals surface area contributed by atoms with Crippen LogP contribution in [0.1, 0.15) is 16.7 Å². The second-order valence-corrected chi connectivity index (χ2v) is 8.27. The summed E-state index contributed by atoms with van der Waals surface area (Å²) in [5, 5.41) is 7.57. The van der Waals surface area contributed by atoms with Gasteiger partial charge in [0.25, 0.3) is 5.91 Å². The maximum atomic E-state index is 14.1. The van der Waals surface area contributed by atoms with Gasteiger partial charge in [-0.2, -0.15) is 5.10 Å². The van der Waals surface area contributed by atoms with E-state index in [4.69, 9.17) is 11.6 Å². The number of halogens is 3. The van der Waals surface area contributed by atoms with Crippen molar-refractivity contribution in [2.75, 3.05) is 5.32 Å². The van der Waals surface area contributed by atoms with Gasteiger partial charge in [-0.3, -0.25) is 9.48 Å². The number of carbonyl (C=O) groups excluding carboxylic acids is 1. The fraction of sp³-hybridized carbons (Fsp3) is 0.0400. The van der Waals surface area contributed by atoms with Crippen molar-refractivity contribution >= 4 is 50.9 Å². The molecular weight excluding hydrogens is 493 g/mol. The molecule has 4 rings (SSSR count). The highest BCUT2D eigenvalue weighted by Crippen LogP contribution is 2.26. The molecule has 160 valence electrons. The summed E-state index contributed by atoms with van der Waals surface area (Å²) in [6.07, 6.45) is 3.50. The van der Waals surface area contributed by atoms with Crippen LogP contribution in [-0.2, 0) is 11.3 Å². The van der Waals surface area contributed by atoms with Crippen LogP contribution in [0.15, 0.2) is 89.5 Å². The largest absolute Gasteiger partial charge is 0.304 e. The van der Waals surface area contributed by atoms with Crippen molar-refractivity contribution in [1.82, 2.24) is 9.78 Å². The number of rotatable bonds is 6. The monoisotopic (exact) mass is 509 g/mol. The molecule has 0 atom stereocenters. The molecule has 1 heterocycles. The summed E-state index contributed by atoms with van der Waals surface area (Å²) < 4.78 is 16.2. The Labute approximate surface area is 198 Å². The Bertz CT molecular complexity index is 1250. The molecule has 1 N–H and O–H groups in total. The first-order valence-corrected chi connectivity index (χ1v) is 11.0. The van der Waals surface area contributed by atoms with Gasteiger partial charge < -0.3 is 5.32 Å². The lowest BCUT2D eigenvalue weighted by Crippen LogP contribution is -2.15. The van der Waals surface area contributed by atoms with Gasteiger partial charge in [0.05, 0.1) is 11.0 Å². The van der Waals surface area contributed by atoms with Crippen LogP contribution in [0.3, 0.4) is 0 Å². The lowest BCUT2D eigenvalue weighted by atomic mass is 10.0. The van der Waals surface area contributed by atoms with Crippen LogP contribution in [0.25, 0.3) is 11.6 Å². The molecule has 7 heteroatoms. The van der Waals surface area contributed by atoms with E-state index in [1.54, 1.807) is 18.3 Å². The smallest absolute Gasteiger partial charge is 0.257 e. The van der Waals surface area contributed by atoms with Crippen LogP contribution in [0.2, 0.25) is 5.02 Å². The third kappa shape index (κ3) is 5.15. The number of amides is 1. The Kier molecular flexibility index (Phi) is 6.83. The predicted molar refractivity (Wildman–Crippen MR) is 130 cm³/mol. The van der Waals surface area contributed by atoms with E-state index < -0.39 is 5.82 Å². The zero-order chi connectivity index (χ0) is 22.5. The fourth-order valence-electron chi connectivity index (χ4n) is 3.20. The molecule has 0 aliphatic carbocycles. The topological polar surface area (TPSA) is 46.9 Å². The summed E-state index contributed by atoms with van der Waals surface area (Å²) in [5.41, 5.74) is 2.51. The normalized spacial score (nSPS) is 11.4. The molecule has 4 nitrogen and oxygen atoms in total. The highest BCUT2D eigenvalue weighted by Gasteiger charge is 2.17. The van der Waals surface area contributed by atoms with Gasteiger partial charge in [-0.15, -0.1) is 0 Å². The lowest BCUT2D eigenvalue weighted by Gasteiger charge is -2.09. The van der Waals surface area contributed by atoms with E-state index in [0.717, 1.165) is 11.1 Å². The highest BCUT2D eigenvalue weighted by atomic mass is 79.9. The first-order valence-electron chi connectivity index (χ1n) is 9.80. The molecule has 0 spiro atoms. The van der Waals surface area contributed by atoms with Crippen LogP contribution >= 0.6 is 27.5 Å². The van der Waals surface area contributed by atoms with E-state index in [1.807, 2.05) is 66.7 Å². The van der Waals surface area contributed by atoms with E-state index in [2.05, 4.69) is 26.3 Å². The van der Waals surface area contributed by atoms with Crippen molar-refractivity contribution in [3.8, 4) is 0 Å². The Morgan fingerprint density at radius 1 is 1.03 bits per heavy atom. The molecule has 0 fully saturated rings. The molecule has 0 saturated heterocycles. The van der Waals surface area contributed by atoms with Crippen LogP contribution in [0, 0.1) is 5.82 Å². The minimum atomic E-state index is -0.410. The average molecular weight is 511 g/mol. The zero-order valence-electron chi connectivity index (χ0n) is 16.8. The SMILES string of the molecule is O=C(Nc1nn(Cc2c(F)cccc2Cl)cc1Br)/C(=C\c1ccccc1)c1ccccc1. The van der Waals surface area contributed by atoms with Gasteiger partial charge in [-0.05, 0) is 45.3 Å². The maximum Gasteiger partial charge on any atom is 0.257 e. The quantitative estimate of drug-likeness (QED) is 0.233. The third-order valence-electron chi connectivity index (χ3n) is 4.77. The molecule has 1 amide bonds. The summed E-state index contributed by atoms with van der Waals surface area (Å²) in [7, 11) is 0. The standard InChI is InChI=1S/C25H18BrClFN3O/c26-21-16-31(15-20-22(27)12-7-13-23(20)28)30-24(21)29-25(32)19(18-10-5-2-6-11-18)14-17-8-3-1-4-9-17/h1-14,16H,15H2,(H,29,30,32)/b19-14-. The minimum Gasteiger partial charge on any atom is -0.304 e. The maximum absolute atomic E-state index is 14.1.